The highest BCUT2D eigenvalue weighted by Gasteiger charge is 2.62. The topological polar surface area (TPSA) is 101 Å². The van der Waals surface area contributed by atoms with Crippen LogP contribution < -0.4 is 5.32 Å². The lowest BCUT2D eigenvalue weighted by atomic mass is 9.51. The number of halogens is 1. The molecule has 3 aromatic rings. The number of aliphatic carboxylic acids is 1. The van der Waals surface area contributed by atoms with Gasteiger partial charge in [-0.2, -0.15) is 0 Å². The summed E-state index contributed by atoms with van der Waals surface area (Å²) in [5.41, 5.74) is 2.66. The molecule has 1 unspecified atom stereocenters. The molecule has 218 valence electrons. The van der Waals surface area contributed by atoms with E-state index in [0.717, 1.165) is 64.3 Å². The average molecular weight is 631 g/mol. The van der Waals surface area contributed by atoms with E-state index in [2.05, 4.69) is 21.2 Å². The minimum atomic E-state index is -0.883. The maximum Gasteiger partial charge on any atom is 0.310 e. The second-order valence-corrected chi connectivity index (χ2v) is 13.9. The van der Waals surface area contributed by atoms with Crippen molar-refractivity contribution in [2.45, 2.75) is 82.8 Å². The Morgan fingerprint density at radius 1 is 1.05 bits per heavy atom. The number of carboxylic acid groups (broad SMARTS) is 1. The summed E-state index contributed by atoms with van der Waals surface area (Å²) in [5.74, 6) is -0.790. The number of rotatable bonds is 7. The number of benzene rings is 2. The lowest BCUT2D eigenvalue weighted by Gasteiger charge is -2.55. The number of amides is 1. The summed E-state index contributed by atoms with van der Waals surface area (Å²) in [7, 11) is 0. The summed E-state index contributed by atoms with van der Waals surface area (Å²) in [6.45, 7) is 3.91. The van der Waals surface area contributed by atoms with Crippen LogP contribution in [0.1, 0.15) is 80.6 Å². The number of oxime groups is 1. The van der Waals surface area contributed by atoms with Crippen molar-refractivity contribution in [3.8, 4) is 11.3 Å². The van der Waals surface area contributed by atoms with Gasteiger partial charge in [0.15, 0.2) is 0 Å². The van der Waals surface area contributed by atoms with Crippen LogP contribution in [0, 0.1) is 24.2 Å². The van der Waals surface area contributed by atoms with Gasteiger partial charge < -0.3 is 15.3 Å². The van der Waals surface area contributed by atoms with Crippen LogP contribution in [0.25, 0.3) is 22.2 Å². The quantitative estimate of drug-likeness (QED) is 0.264. The summed E-state index contributed by atoms with van der Waals surface area (Å²) in [6, 6.07) is 15.7. The first kappa shape index (κ1) is 27.6. The fourth-order valence-electron chi connectivity index (χ4n) is 7.87. The monoisotopic (exact) mass is 629 g/mol. The minimum absolute atomic E-state index is 0.194. The van der Waals surface area contributed by atoms with Gasteiger partial charge in [0.1, 0.15) is 5.60 Å². The highest BCUT2D eigenvalue weighted by Crippen LogP contribution is 2.56. The number of pyridine rings is 1. The Hall–Kier alpha value is -3.26. The summed E-state index contributed by atoms with van der Waals surface area (Å²) >= 11 is 3.59. The van der Waals surface area contributed by atoms with Crippen molar-refractivity contribution >= 4 is 44.4 Å². The van der Waals surface area contributed by atoms with Gasteiger partial charge in [-0.15, -0.1) is 0 Å². The van der Waals surface area contributed by atoms with Gasteiger partial charge in [0.25, 0.3) is 5.91 Å². The van der Waals surface area contributed by atoms with Crippen molar-refractivity contribution in [2.24, 2.45) is 22.4 Å². The third kappa shape index (κ3) is 4.20. The first-order valence-corrected chi connectivity index (χ1v) is 16.0. The lowest BCUT2D eigenvalue weighted by molar-refractivity contribution is -0.156. The van der Waals surface area contributed by atoms with Gasteiger partial charge in [-0.3, -0.25) is 9.59 Å². The Labute approximate surface area is 254 Å². The second-order valence-electron chi connectivity index (χ2n) is 13.0. The molecule has 0 saturated heterocycles. The lowest BCUT2D eigenvalue weighted by Crippen LogP contribution is -2.67. The van der Waals surface area contributed by atoms with E-state index in [1.54, 1.807) is 0 Å². The standard InChI is InChI=1S/C34H36BrN3O4/c1-20-27(25-19-24(35)11-12-26(25)36-28(20)22-7-4-3-5-8-22)30(39)37-33-17-15-32(16-18-33,31(40)41)21(2)29(33)38-42-34(13-6-14-34)23-9-10-23/h3-5,7-8,11-12,19,21,23H,6,9-10,13-18H2,1-2H3,(H,37,39)(H,40,41)/b38-29+. The molecule has 1 atom stereocenters. The molecule has 5 aliphatic rings. The Morgan fingerprint density at radius 2 is 1.76 bits per heavy atom. The van der Waals surface area contributed by atoms with E-state index >= 15 is 0 Å². The highest BCUT2D eigenvalue weighted by atomic mass is 79.9. The molecule has 8 rings (SSSR count). The number of carbonyl (C=O) groups excluding carboxylic acids is 1. The third-order valence-corrected chi connectivity index (χ3v) is 11.3. The van der Waals surface area contributed by atoms with Crippen LogP contribution in [0.2, 0.25) is 0 Å². The predicted octanol–water partition coefficient (Wildman–Crippen LogP) is 7.44. The van der Waals surface area contributed by atoms with Crippen LogP contribution in [0.4, 0.5) is 0 Å². The number of fused-ring (bicyclic) bond motifs is 4. The summed E-state index contributed by atoms with van der Waals surface area (Å²) in [5, 5.41) is 19.4. The SMILES string of the molecule is Cc1c(-c2ccccc2)nc2ccc(Br)cc2c1C(=O)NC12CCC(C(=O)O)(CC1)C(C)/C2=N\OC1(C2CC2)CCC1. The molecule has 2 aromatic carbocycles. The molecule has 5 aliphatic carbocycles. The average Bonchev–Trinajstić information content (AvgIpc) is 3.80. The Kier molecular flexibility index (Phi) is 6.50. The molecule has 0 aliphatic heterocycles. The Bertz CT molecular complexity index is 1620. The molecular formula is C34H36BrN3O4. The van der Waals surface area contributed by atoms with Crippen LogP contribution in [-0.4, -0.2) is 38.8 Å². The number of nitrogens with one attached hydrogen (secondary N) is 1. The Morgan fingerprint density at radius 3 is 2.38 bits per heavy atom. The first-order chi connectivity index (χ1) is 20.2. The van der Waals surface area contributed by atoms with Crippen LogP contribution in [0.15, 0.2) is 58.2 Å². The van der Waals surface area contributed by atoms with E-state index < -0.39 is 16.9 Å². The summed E-state index contributed by atoms with van der Waals surface area (Å²) < 4.78 is 0.868. The molecular weight excluding hydrogens is 594 g/mol. The molecule has 5 saturated carbocycles. The molecule has 2 bridgehead atoms. The van der Waals surface area contributed by atoms with Crippen molar-refractivity contribution in [1.29, 1.82) is 0 Å². The minimum Gasteiger partial charge on any atom is -0.481 e. The number of aromatic nitrogens is 1. The molecule has 0 radical (unpaired) electrons. The van der Waals surface area contributed by atoms with E-state index in [1.807, 2.05) is 62.4 Å². The van der Waals surface area contributed by atoms with Gasteiger partial charge in [-0.1, -0.05) is 58.3 Å². The number of carbonyl (C=O) groups is 2. The van der Waals surface area contributed by atoms with Crippen LogP contribution in [0.5, 0.6) is 0 Å². The zero-order valence-electron chi connectivity index (χ0n) is 24.1. The fourth-order valence-corrected chi connectivity index (χ4v) is 8.23. The number of nitrogens with zero attached hydrogens (tertiary/aromatic N) is 2. The molecule has 1 amide bonds. The first-order valence-electron chi connectivity index (χ1n) is 15.2. The van der Waals surface area contributed by atoms with Gasteiger partial charge in [-0.25, -0.2) is 4.98 Å². The third-order valence-electron chi connectivity index (χ3n) is 10.8. The predicted molar refractivity (Wildman–Crippen MR) is 165 cm³/mol. The second kappa shape index (κ2) is 9.90. The molecule has 1 heterocycles. The molecule has 0 spiro atoms. The van der Waals surface area contributed by atoms with E-state index in [4.69, 9.17) is 15.0 Å². The number of hydrogen-bond donors (Lipinski definition) is 2. The van der Waals surface area contributed by atoms with E-state index in [-0.39, 0.29) is 17.4 Å². The maximum absolute atomic E-state index is 14.5. The Balaban J connectivity index is 1.31. The maximum atomic E-state index is 14.5. The highest BCUT2D eigenvalue weighted by molar-refractivity contribution is 9.10. The van der Waals surface area contributed by atoms with Gasteiger partial charge in [0.2, 0.25) is 0 Å². The molecule has 42 heavy (non-hydrogen) atoms. The zero-order valence-corrected chi connectivity index (χ0v) is 25.7. The van der Waals surface area contributed by atoms with Crippen LogP contribution in [0.3, 0.4) is 0 Å². The fraction of sp³-hybridized carbons (Fsp3) is 0.471. The number of hydrogen-bond acceptors (Lipinski definition) is 5. The van der Waals surface area contributed by atoms with Crippen LogP contribution in [-0.2, 0) is 9.63 Å². The van der Waals surface area contributed by atoms with E-state index in [1.165, 1.54) is 0 Å². The normalized spacial score (nSPS) is 28.8. The van der Waals surface area contributed by atoms with E-state index in [0.29, 0.717) is 42.9 Å². The largest absolute Gasteiger partial charge is 0.481 e. The molecule has 7 nitrogen and oxygen atoms in total. The van der Waals surface area contributed by atoms with Crippen molar-refractivity contribution in [2.75, 3.05) is 0 Å². The van der Waals surface area contributed by atoms with Crippen molar-refractivity contribution < 1.29 is 19.5 Å². The molecule has 8 heteroatoms. The van der Waals surface area contributed by atoms with Crippen molar-refractivity contribution in [3.05, 3.63) is 64.1 Å². The smallest absolute Gasteiger partial charge is 0.310 e. The van der Waals surface area contributed by atoms with Crippen molar-refractivity contribution in [3.63, 3.8) is 0 Å². The van der Waals surface area contributed by atoms with Crippen molar-refractivity contribution in [1.82, 2.24) is 10.3 Å². The molecule has 2 N–H and O–H groups in total. The van der Waals surface area contributed by atoms with Gasteiger partial charge in [0.05, 0.1) is 33.4 Å². The molecule has 1 aromatic heterocycles. The van der Waals surface area contributed by atoms with Gasteiger partial charge >= 0.3 is 5.97 Å². The molecule has 5 fully saturated rings. The van der Waals surface area contributed by atoms with Gasteiger partial charge in [0, 0.05) is 27.3 Å². The zero-order chi connectivity index (χ0) is 29.3. The summed E-state index contributed by atoms with van der Waals surface area (Å²) in [4.78, 5) is 38.5. The van der Waals surface area contributed by atoms with Gasteiger partial charge in [-0.05, 0) is 88.5 Å². The summed E-state index contributed by atoms with van der Waals surface area (Å²) in [6.07, 6.45) is 7.46. The van der Waals surface area contributed by atoms with E-state index in [9.17, 15) is 14.7 Å². The van der Waals surface area contributed by atoms with Crippen LogP contribution >= 0.6 is 15.9 Å². The number of carboxylic acids is 1.